The molecule has 1 fully saturated rings. The van der Waals surface area contributed by atoms with Crippen molar-refractivity contribution in [1.29, 1.82) is 0 Å². The number of nitrogens with zero attached hydrogens (tertiary/aromatic N) is 1. The fourth-order valence-electron chi connectivity index (χ4n) is 2.19. The molecule has 9 heteroatoms. The fraction of sp³-hybridized carbons (Fsp3) is 0.500. The number of primary amides is 1. The first-order valence-corrected chi connectivity index (χ1v) is 8.84. The lowest BCUT2D eigenvalue weighted by atomic mass is 10.1. The van der Waals surface area contributed by atoms with Gasteiger partial charge in [0, 0.05) is 25.0 Å². The van der Waals surface area contributed by atoms with Gasteiger partial charge in [-0.15, -0.1) is 11.3 Å². The van der Waals surface area contributed by atoms with Crippen molar-refractivity contribution in [3.8, 4) is 0 Å². The Hall–Kier alpha value is -1.45. The van der Waals surface area contributed by atoms with Crippen LogP contribution in [-0.2, 0) is 14.8 Å². The molecule has 0 saturated carbocycles. The highest BCUT2D eigenvalue weighted by Gasteiger charge is 2.36. The van der Waals surface area contributed by atoms with Gasteiger partial charge in [-0.3, -0.25) is 9.59 Å². The van der Waals surface area contributed by atoms with Gasteiger partial charge < -0.3 is 11.1 Å². The smallest absolute Gasteiger partial charge is 0.252 e. The molecule has 1 saturated heterocycles. The van der Waals surface area contributed by atoms with Gasteiger partial charge in [-0.1, -0.05) is 0 Å². The Balaban J connectivity index is 2.13. The first-order chi connectivity index (χ1) is 9.86. The number of rotatable bonds is 5. The number of thiophene rings is 1. The molecule has 1 atom stereocenters. The molecule has 0 bridgehead atoms. The van der Waals surface area contributed by atoms with Crippen molar-refractivity contribution >= 4 is 33.2 Å². The number of hydrogen-bond acceptors (Lipinski definition) is 5. The molecule has 1 aromatic rings. The summed E-state index contributed by atoms with van der Waals surface area (Å²) in [6.07, 6.45) is 0.499. The van der Waals surface area contributed by atoms with Crippen LogP contribution in [-0.4, -0.2) is 44.2 Å². The zero-order valence-corrected chi connectivity index (χ0v) is 13.2. The maximum atomic E-state index is 12.4. The molecule has 1 aliphatic rings. The number of carbonyl (C=O) groups is 2. The molecule has 0 aliphatic carbocycles. The Bertz CT molecular complexity index is 653. The second kappa shape index (κ2) is 6.12. The van der Waals surface area contributed by atoms with Gasteiger partial charge in [-0.2, -0.15) is 4.31 Å². The molecule has 116 valence electrons. The van der Waals surface area contributed by atoms with Crippen molar-refractivity contribution in [2.24, 2.45) is 11.7 Å². The molecular formula is C12H17N3O4S2. The maximum absolute atomic E-state index is 12.4. The molecule has 1 unspecified atom stereocenters. The van der Waals surface area contributed by atoms with Crippen LogP contribution in [0, 0.1) is 5.92 Å². The summed E-state index contributed by atoms with van der Waals surface area (Å²) in [5.41, 5.74) is 5.30. The van der Waals surface area contributed by atoms with Gasteiger partial charge >= 0.3 is 0 Å². The fourth-order valence-corrected chi connectivity index (χ4v) is 5.01. The van der Waals surface area contributed by atoms with Crippen LogP contribution in [0.15, 0.2) is 15.7 Å². The summed E-state index contributed by atoms with van der Waals surface area (Å²) in [7, 11) is -3.67. The standard InChI is InChI=1S/C12H17N3O4S2/c1-2-14-12(17)8-3-4-15(6-8)21(18,19)10-5-9(7-20-10)11(13)16/h5,7-8H,2-4,6H2,1H3,(H2,13,16)(H,14,17). The summed E-state index contributed by atoms with van der Waals surface area (Å²) in [4.78, 5) is 22.8. The minimum atomic E-state index is -3.67. The second-order valence-electron chi connectivity index (χ2n) is 4.76. The van der Waals surface area contributed by atoms with Crippen molar-refractivity contribution in [3.63, 3.8) is 0 Å². The lowest BCUT2D eigenvalue weighted by Crippen LogP contribution is -2.34. The average Bonchev–Trinajstić information content (AvgIpc) is 3.09. The molecule has 0 aromatic carbocycles. The first kappa shape index (κ1) is 15.9. The number of hydrogen-bond donors (Lipinski definition) is 2. The van der Waals surface area contributed by atoms with Crippen LogP contribution in [0.2, 0.25) is 0 Å². The lowest BCUT2D eigenvalue weighted by molar-refractivity contribution is -0.124. The molecule has 2 heterocycles. The third kappa shape index (κ3) is 3.25. The van der Waals surface area contributed by atoms with E-state index in [4.69, 9.17) is 5.73 Å². The molecule has 0 spiro atoms. The van der Waals surface area contributed by atoms with E-state index in [9.17, 15) is 18.0 Å². The van der Waals surface area contributed by atoms with Gasteiger partial charge in [-0.05, 0) is 19.4 Å². The van der Waals surface area contributed by atoms with Crippen molar-refractivity contribution in [1.82, 2.24) is 9.62 Å². The Kier molecular flexibility index (Phi) is 4.64. The highest BCUT2D eigenvalue weighted by atomic mass is 32.2. The monoisotopic (exact) mass is 331 g/mol. The van der Waals surface area contributed by atoms with E-state index < -0.39 is 15.9 Å². The molecule has 1 aliphatic heterocycles. The van der Waals surface area contributed by atoms with E-state index in [0.717, 1.165) is 11.3 Å². The molecular weight excluding hydrogens is 314 g/mol. The van der Waals surface area contributed by atoms with Crippen LogP contribution in [0.4, 0.5) is 0 Å². The maximum Gasteiger partial charge on any atom is 0.252 e. The predicted molar refractivity (Wildman–Crippen MR) is 78.4 cm³/mol. The minimum absolute atomic E-state index is 0.0767. The molecule has 7 nitrogen and oxygen atoms in total. The van der Waals surface area contributed by atoms with Crippen LogP contribution < -0.4 is 11.1 Å². The van der Waals surface area contributed by atoms with E-state index >= 15 is 0 Å². The number of carbonyl (C=O) groups excluding carboxylic acids is 2. The summed E-state index contributed by atoms with van der Waals surface area (Å²) < 4.78 is 26.3. The number of nitrogens with two attached hydrogens (primary N) is 1. The molecule has 3 N–H and O–H groups in total. The third-order valence-corrected chi connectivity index (χ3v) is 6.61. The van der Waals surface area contributed by atoms with Gasteiger partial charge in [0.05, 0.1) is 11.5 Å². The number of amides is 2. The molecule has 2 amide bonds. The van der Waals surface area contributed by atoms with Crippen LogP contribution in [0.5, 0.6) is 0 Å². The Morgan fingerprint density at radius 3 is 2.81 bits per heavy atom. The van der Waals surface area contributed by atoms with Crippen molar-refractivity contribution in [2.75, 3.05) is 19.6 Å². The van der Waals surface area contributed by atoms with E-state index in [2.05, 4.69) is 5.32 Å². The average molecular weight is 331 g/mol. The Morgan fingerprint density at radius 2 is 2.24 bits per heavy atom. The van der Waals surface area contributed by atoms with Crippen molar-refractivity contribution in [3.05, 3.63) is 17.0 Å². The van der Waals surface area contributed by atoms with Crippen LogP contribution >= 0.6 is 11.3 Å². The summed E-state index contributed by atoms with van der Waals surface area (Å²) in [5, 5.41) is 4.12. The van der Waals surface area contributed by atoms with Gasteiger partial charge in [-0.25, -0.2) is 8.42 Å². The van der Waals surface area contributed by atoms with E-state index in [0.29, 0.717) is 19.5 Å². The first-order valence-electron chi connectivity index (χ1n) is 6.52. The zero-order chi connectivity index (χ0) is 15.6. The topological polar surface area (TPSA) is 110 Å². The van der Waals surface area contributed by atoms with Gasteiger partial charge in [0.25, 0.3) is 10.0 Å². The van der Waals surface area contributed by atoms with Crippen molar-refractivity contribution < 1.29 is 18.0 Å². The van der Waals surface area contributed by atoms with Crippen LogP contribution in [0.25, 0.3) is 0 Å². The third-order valence-electron chi connectivity index (χ3n) is 3.33. The normalized spacial score (nSPS) is 19.6. The van der Waals surface area contributed by atoms with Gasteiger partial charge in [0.2, 0.25) is 11.8 Å². The molecule has 2 rings (SSSR count). The van der Waals surface area contributed by atoms with Gasteiger partial charge in [0.1, 0.15) is 4.21 Å². The number of nitrogens with one attached hydrogen (secondary N) is 1. The summed E-state index contributed by atoms with van der Waals surface area (Å²) in [6, 6.07) is 1.28. The van der Waals surface area contributed by atoms with Crippen LogP contribution in [0.3, 0.4) is 0 Å². The molecule has 0 radical (unpaired) electrons. The van der Waals surface area contributed by atoms with E-state index in [1.807, 2.05) is 6.92 Å². The highest BCUT2D eigenvalue weighted by Crippen LogP contribution is 2.28. The summed E-state index contributed by atoms with van der Waals surface area (Å²) in [6.45, 7) is 2.80. The highest BCUT2D eigenvalue weighted by molar-refractivity contribution is 7.91. The second-order valence-corrected chi connectivity index (χ2v) is 7.84. The van der Waals surface area contributed by atoms with E-state index in [1.54, 1.807) is 0 Å². The van der Waals surface area contributed by atoms with E-state index in [-0.39, 0.29) is 28.1 Å². The van der Waals surface area contributed by atoms with Crippen molar-refractivity contribution in [2.45, 2.75) is 17.6 Å². The van der Waals surface area contributed by atoms with E-state index in [1.165, 1.54) is 15.8 Å². The quantitative estimate of drug-likeness (QED) is 0.791. The van der Waals surface area contributed by atoms with Crippen LogP contribution in [0.1, 0.15) is 23.7 Å². The zero-order valence-electron chi connectivity index (χ0n) is 11.5. The Morgan fingerprint density at radius 1 is 1.52 bits per heavy atom. The molecule has 1 aromatic heterocycles. The predicted octanol–water partition coefficient (Wildman–Crippen LogP) is -0.00630. The number of sulfonamides is 1. The minimum Gasteiger partial charge on any atom is -0.366 e. The van der Waals surface area contributed by atoms with Gasteiger partial charge in [0.15, 0.2) is 0 Å². The summed E-state index contributed by atoms with van der Waals surface area (Å²) >= 11 is 0.961. The molecule has 21 heavy (non-hydrogen) atoms. The Labute approximate surface area is 127 Å². The lowest BCUT2D eigenvalue weighted by Gasteiger charge is -2.15. The summed E-state index contributed by atoms with van der Waals surface area (Å²) in [5.74, 6) is -1.11. The SMILES string of the molecule is CCNC(=O)C1CCN(S(=O)(=O)c2cc(C(N)=O)cs2)C1. The largest absolute Gasteiger partial charge is 0.366 e.